The molecule has 1 amide bonds. The lowest BCUT2D eigenvalue weighted by Gasteiger charge is -2.23. The van der Waals surface area contributed by atoms with Gasteiger partial charge in [-0.2, -0.15) is 0 Å². The average molecular weight is 283 g/mol. The number of hydrogen-bond donors (Lipinski definition) is 0. The number of hydrogen-bond acceptors (Lipinski definition) is 3. The third-order valence-electron chi connectivity index (χ3n) is 3.47. The molecule has 102 valence electrons. The van der Waals surface area contributed by atoms with Gasteiger partial charge in [-0.3, -0.25) is 14.9 Å². The smallest absolute Gasteiger partial charge is 0.285 e. The zero-order chi connectivity index (χ0) is 14.0. The Balaban J connectivity index is 2.39. The molecule has 1 saturated heterocycles. The Labute approximate surface area is 116 Å². The first kappa shape index (κ1) is 13.8. The van der Waals surface area contributed by atoms with Crippen molar-refractivity contribution in [3.63, 3.8) is 0 Å². The normalized spacial score (nSPS) is 18.6. The highest BCUT2D eigenvalue weighted by atomic mass is 35.5. The Morgan fingerprint density at radius 3 is 2.95 bits per heavy atom. The van der Waals surface area contributed by atoms with Crippen LogP contribution >= 0.6 is 11.6 Å². The van der Waals surface area contributed by atoms with Crippen molar-refractivity contribution in [3.8, 4) is 0 Å². The van der Waals surface area contributed by atoms with Crippen LogP contribution in [-0.4, -0.2) is 34.2 Å². The van der Waals surface area contributed by atoms with E-state index in [0.717, 1.165) is 12.8 Å². The van der Waals surface area contributed by atoms with Crippen molar-refractivity contribution in [2.24, 2.45) is 0 Å². The van der Waals surface area contributed by atoms with Crippen molar-refractivity contribution in [1.29, 1.82) is 0 Å². The molecule has 0 N–H and O–H groups in total. The molecule has 0 aromatic heterocycles. The molecule has 0 spiro atoms. The molecule has 6 heteroatoms. The minimum atomic E-state index is -0.492. The van der Waals surface area contributed by atoms with E-state index in [2.05, 4.69) is 0 Å². The molecule has 1 aromatic rings. The number of aryl methyl sites for hydroxylation is 1. The maximum Gasteiger partial charge on any atom is 0.285 e. The number of carbonyl (C=O) groups is 1. The molecule has 19 heavy (non-hydrogen) atoms. The van der Waals surface area contributed by atoms with E-state index >= 15 is 0 Å². The average Bonchev–Trinajstić information content (AvgIpc) is 2.85. The van der Waals surface area contributed by atoms with Crippen LogP contribution in [0.4, 0.5) is 5.69 Å². The number of nitro benzene ring substituents is 1. The topological polar surface area (TPSA) is 63.5 Å². The van der Waals surface area contributed by atoms with E-state index in [0.29, 0.717) is 18.0 Å². The molecular weight excluding hydrogens is 268 g/mol. The molecular formula is C13H15ClN2O3. The first-order valence-corrected chi connectivity index (χ1v) is 6.70. The Kier molecular flexibility index (Phi) is 4.04. The first-order chi connectivity index (χ1) is 9.06. The Morgan fingerprint density at radius 1 is 1.58 bits per heavy atom. The lowest BCUT2D eigenvalue weighted by molar-refractivity contribution is -0.385. The second-order valence-corrected chi connectivity index (χ2v) is 4.99. The van der Waals surface area contributed by atoms with Gasteiger partial charge >= 0.3 is 0 Å². The molecule has 5 nitrogen and oxygen atoms in total. The lowest BCUT2D eigenvalue weighted by Crippen LogP contribution is -2.36. The predicted octanol–water partition coefficient (Wildman–Crippen LogP) is 2.75. The highest BCUT2D eigenvalue weighted by Crippen LogP contribution is 2.27. The molecule has 1 unspecified atom stereocenters. The number of halogens is 1. The largest absolute Gasteiger partial charge is 0.334 e. The van der Waals surface area contributed by atoms with Gasteiger partial charge in [0.05, 0.1) is 4.92 Å². The molecule has 1 fully saturated rings. The van der Waals surface area contributed by atoms with E-state index < -0.39 is 4.92 Å². The summed E-state index contributed by atoms with van der Waals surface area (Å²) in [5, 5.41) is 11.1. The summed E-state index contributed by atoms with van der Waals surface area (Å²) in [6.45, 7) is 2.25. The van der Waals surface area contributed by atoms with Gasteiger partial charge < -0.3 is 4.90 Å². The number of nitro groups is 1. The fraction of sp³-hybridized carbons (Fsp3) is 0.462. The van der Waals surface area contributed by atoms with Crippen molar-refractivity contribution in [2.45, 2.75) is 25.8 Å². The van der Waals surface area contributed by atoms with Crippen LogP contribution < -0.4 is 0 Å². The second kappa shape index (κ2) is 5.57. The summed E-state index contributed by atoms with van der Waals surface area (Å²) in [6, 6.07) is 4.80. The molecule has 2 rings (SSSR count). The third-order valence-corrected chi connectivity index (χ3v) is 3.82. The summed E-state index contributed by atoms with van der Waals surface area (Å²) < 4.78 is 0. The fourth-order valence-corrected chi connectivity index (χ4v) is 2.81. The van der Waals surface area contributed by atoms with E-state index in [1.54, 1.807) is 24.0 Å². The second-order valence-electron chi connectivity index (χ2n) is 4.68. The Hall–Kier alpha value is -1.62. The van der Waals surface area contributed by atoms with Crippen LogP contribution in [0.25, 0.3) is 0 Å². The molecule has 0 aliphatic carbocycles. The summed E-state index contributed by atoms with van der Waals surface area (Å²) >= 11 is 5.84. The van der Waals surface area contributed by atoms with Crippen LogP contribution in [0.1, 0.15) is 28.8 Å². The Bertz CT molecular complexity index is 519. The molecule has 1 aliphatic rings. The summed E-state index contributed by atoms with van der Waals surface area (Å²) in [5.41, 5.74) is 0.548. The Morgan fingerprint density at radius 2 is 2.32 bits per heavy atom. The van der Waals surface area contributed by atoms with Crippen molar-refractivity contribution >= 4 is 23.2 Å². The van der Waals surface area contributed by atoms with Crippen molar-refractivity contribution in [1.82, 2.24) is 4.90 Å². The SMILES string of the molecule is Cc1cccc(C(=O)N2CCCC2CCl)c1[N+](=O)[O-]. The van der Waals surface area contributed by atoms with Crippen LogP contribution in [-0.2, 0) is 0 Å². The molecule has 1 aromatic carbocycles. The van der Waals surface area contributed by atoms with E-state index in [1.165, 1.54) is 6.07 Å². The molecule has 1 atom stereocenters. The van der Waals surface area contributed by atoms with E-state index in [1.807, 2.05) is 0 Å². The predicted molar refractivity (Wildman–Crippen MR) is 72.6 cm³/mol. The summed E-state index contributed by atoms with van der Waals surface area (Å²) in [4.78, 5) is 24.7. The van der Waals surface area contributed by atoms with Crippen molar-refractivity contribution in [2.75, 3.05) is 12.4 Å². The number of nitrogens with zero attached hydrogens (tertiary/aromatic N) is 2. The van der Waals surface area contributed by atoms with Crippen LogP contribution in [0.3, 0.4) is 0 Å². The molecule has 1 heterocycles. The number of likely N-dealkylation sites (tertiary alicyclic amines) is 1. The van der Waals surface area contributed by atoms with Gasteiger partial charge in [-0.05, 0) is 25.8 Å². The zero-order valence-electron chi connectivity index (χ0n) is 10.6. The number of amides is 1. The highest BCUT2D eigenvalue weighted by molar-refractivity contribution is 6.18. The van der Waals surface area contributed by atoms with Crippen LogP contribution in [0, 0.1) is 17.0 Å². The summed E-state index contributed by atoms with van der Waals surface area (Å²) in [6.07, 6.45) is 1.75. The molecule has 0 radical (unpaired) electrons. The first-order valence-electron chi connectivity index (χ1n) is 6.17. The van der Waals surface area contributed by atoms with Gasteiger partial charge in [0.2, 0.25) is 0 Å². The standard InChI is InChI=1S/C13H15ClN2O3/c1-9-4-2-6-11(12(9)16(18)19)13(17)15-7-3-5-10(15)8-14/h2,4,6,10H,3,5,7-8H2,1H3. The zero-order valence-corrected chi connectivity index (χ0v) is 11.4. The van der Waals surface area contributed by atoms with Gasteiger partial charge in [-0.15, -0.1) is 11.6 Å². The van der Waals surface area contributed by atoms with Crippen molar-refractivity contribution < 1.29 is 9.72 Å². The van der Waals surface area contributed by atoms with Gasteiger partial charge in [0.1, 0.15) is 5.56 Å². The van der Waals surface area contributed by atoms with E-state index in [-0.39, 0.29) is 23.2 Å². The van der Waals surface area contributed by atoms with Crippen LogP contribution in [0.2, 0.25) is 0 Å². The van der Waals surface area contributed by atoms with Gasteiger partial charge in [0, 0.05) is 24.0 Å². The highest BCUT2D eigenvalue weighted by Gasteiger charge is 2.32. The van der Waals surface area contributed by atoms with E-state index in [4.69, 9.17) is 11.6 Å². The molecule has 1 aliphatic heterocycles. The number of alkyl halides is 1. The van der Waals surface area contributed by atoms with Gasteiger partial charge in [0.15, 0.2) is 0 Å². The van der Waals surface area contributed by atoms with Gasteiger partial charge in [-0.1, -0.05) is 12.1 Å². The molecule has 0 bridgehead atoms. The number of para-hydroxylation sites is 1. The fourth-order valence-electron chi connectivity index (χ4n) is 2.49. The third kappa shape index (κ3) is 2.56. The van der Waals surface area contributed by atoms with Gasteiger partial charge in [-0.25, -0.2) is 0 Å². The minimum Gasteiger partial charge on any atom is -0.334 e. The van der Waals surface area contributed by atoms with Crippen molar-refractivity contribution in [3.05, 3.63) is 39.4 Å². The van der Waals surface area contributed by atoms with E-state index in [9.17, 15) is 14.9 Å². The summed E-state index contributed by atoms with van der Waals surface area (Å²) in [5.74, 6) is 0.0734. The van der Waals surface area contributed by atoms with Crippen LogP contribution in [0.15, 0.2) is 18.2 Å². The lowest BCUT2D eigenvalue weighted by atomic mass is 10.1. The summed E-state index contributed by atoms with van der Waals surface area (Å²) in [7, 11) is 0. The maximum atomic E-state index is 12.5. The molecule has 0 saturated carbocycles. The minimum absolute atomic E-state index is 0.0192. The van der Waals surface area contributed by atoms with Gasteiger partial charge in [0.25, 0.3) is 11.6 Å². The number of benzene rings is 1. The quantitative estimate of drug-likeness (QED) is 0.486. The van der Waals surface area contributed by atoms with Crippen LogP contribution in [0.5, 0.6) is 0 Å². The maximum absolute atomic E-state index is 12.5. The monoisotopic (exact) mass is 282 g/mol. The number of rotatable bonds is 3. The number of carbonyl (C=O) groups excluding carboxylic acids is 1.